The van der Waals surface area contributed by atoms with Crippen molar-refractivity contribution in [1.82, 2.24) is 14.9 Å². The molecule has 3 N–H and O–H groups in total. The Kier molecular flexibility index (Phi) is 9.31. The molecule has 0 aliphatic heterocycles. The molecule has 11 heteroatoms. The third kappa shape index (κ3) is 6.70. The van der Waals surface area contributed by atoms with Crippen molar-refractivity contribution in [2.45, 2.75) is 27.0 Å². The van der Waals surface area contributed by atoms with Crippen molar-refractivity contribution in [1.29, 1.82) is 0 Å². The minimum absolute atomic E-state index is 0.0621. The van der Waals surface area contributed by atoms with Gasteiger partial charge in [-0.3, -0.25) is 14.4 Å². The van der Waals surface area contributed by atoms with Crippen LogP contribution in [0.1, 0.15) is 34.2 Å². The Bertz CT molecular complexity index is 1650. The molecule has 0 fully saturated rings. The van der Waals surface area contributed by atoms with E-state index in [0.717, 1.165) is 23.4 Å². The zero-order chi connectivity index (χ0) is 29.7. The van der Waals surface area contributed by atoms with Crippen molar-refractivity contribution >= 4 is 63.7 Å². The summed E-state index contributed by atoms with van der Waals surface area (Å²) in [6, 6.07) is 15.5. The van der Waals surface area contributed by atoms with Gasteiger partial charge in [-0.1, -0.05) is 41.4 Å². The molecule has 0 radical (unpaired) electrons. The van der Waals surface area contributed by atoms with E-state index in [-0.39, 0.29) is 24.1 Å². The van der Waals surface area contributed by atoms with E-state index in [9.17, 15) is 14.4 Å². The van der Waals surface area contributed by atoms with Crippen LogP contribution in [0, 0.1) is 6.92 Å². The van der Waals surface area contributed by atoms with E-state index >= 15 is 0 Å². The molecule has 0 spiro atoms. The zero-order valence-electron chi connectivity index (χ0n) is 22.8. The number of hydrogen-bond acceptors (Lipinski definition) is 5. The number of imidazole rings is 1. The summed E-state index contributed by atoms with van der Waals surface area (Å²) < 4.78 is 8.20. The minimum atomic E-state index is -0.533. The number of primary amides is 1. The molecular formula is C30H29Cl2N5O4. The number of halogens is 2. The highest BCUT2D eigenvalue weighted by Crippen LogP contribution is 2.35. The fourth-order valence-corrected chi connectivity index (χ4v) is 4.89. The van der Waals surface area contributed by atoms with Crippen molar-refractivity contribution in [2.24, 2.45) is 5.73 Å². The van der Waals surface area contributed by atoms with Gasteiger partial charge in [0, 0.05) is 35.8 Å². The van der Waals surface area contributed by atoms with Gasteiger partial charge in [0.2, 0.25) is 17.7 Å². The second-order valence-corrected chi connectivity index (χ2v) is 9.95. The number of carbonyl (C=O) groups excluding carboxylic acids is 3. The Morgan fingerprint density at radius 1 is 1.10 bits per heavy atom. The van der Waals surface area contributed by atoms with Gasteiger partial charge < -0.3 is 25.3 Å². The smallest absolute Gasteiger partial charge is 0.248 e. The fraction of sp³-hybridized carbons (Fsp3) is 0.200. The second kappa shape index (κ2) is 12.9. The molecular weight excluding hydrogens is 565 g/mol. The predicted molar refractivity (Wildman–Crippen MR) is 161 cm³/mol. The van der Waals surface area contributed by atoms with E-state index in [1.165, 1.54) is 11.0 Å². The number of rotatable bonds is 10. The van der Waals surface area contributed by atoms with Crippen LogP contribution in [-0.2, 0) is 22.7 Å². The maximum Gasteiger partial charge on any atom is 0.248 e. The molecule has 4 aromatic rings. The van der Waals surface area contributed by atoms with Crippen LogP contribution in [0.4, 0.5) is 5.69 Å². The van der Waals surface area contributed by atoms with Gasteiger partial charge >= 0.3 is 0 Å². The SMILES string of the molecule is CCn1c(C)nc2c(OCc3c(Cl)ccc(N(C)C(=O)CNC(=O)/C=C/c4ccc(C(N)=O)cc4)c3Cl)cccc21. The van der Waals surface area contributed by atoms with Crippen LogP contribution < -0.4 is 20.7 Å². The fourth-order valence-electron chi connectivity index (χ4n) is 4.28. The Hall–Kier alpha value is -4.34. The largest absolute Gasteiger partial charge is 0.486 e. The first-order valence-electron chi connectivity index (χ1n) is 12.8. The van der Waals surface area contributed by atoms with Crippen LogP contribution in [0.2, 0.25) is 10.0 Å². The van der Waals surface area contributed by atoms with Crippen LogP contribution in [0.5, 0.6) is 5.75 Å². The lowest BCUT2D eigenvalue weighted by Gasteiger charge is -2.21. The molecule has 0 atom stereocenters. The van der Waals surface area contributed by atoms with Crippen molar-refractivity contribution in [3.63, 3.8) is 0 Å². The normalized spacial score (nSPS) is 11.1. The summed E-state index contributed by atoms with van der Waals surface area (Å²) in [7, 11) is 1.56. The van der Waals surface area contributed by atoms with Gasteiger partial charge in [-0.2, -0.15) is 0 Å². The summed E-state index contributed by atoms with van der Waals surface area (Å²) >= 11 is 13.2. The number of amides is 3. The molecule has 3 amide bonds. The van der Waals surface area contributed by atoms with E-state index in [1.54, 1.807) is 49.5 Å². The minimum Gasteiger partial charge on any atom is -0.486 e. The van der Waals surface area contributed by atoms with Gasteiger partial charge in [-0.25, -0.2) is 4.98 Å². The number of para-hydroxylation sites is 1. The molecule has 3 aromatic carbocycles. The van der Waals surface area contributed by atoms with Gasteiger partial charge in [-0.05, 0) is 61.9 Å². The highest BCUT2D eigenvalue weighted by atomic mass is 35.5. The molecule has 0 bridgehead atoms. The number of ether oxygens (including phenoxy) is 1. The van der Waals surface area contributed by atoms with Crippen molar-refractivity contribution < 1.29 is 19.1 Å². The van der Waals surface area contributed by atoms with Gasteiger partial charge in [0.25, 0.3) is 0 Å². The maximum atomic E-state index is 12.9. The van der Waals surface area contributed by atoms with E-state index < -0.39 is 11.8 Å². The lowest BCUT2D eigenvalue weighted by atomic mass is 10.1. The van der Waals surface area contributed by atoms with Gasteiger partial charge in [0.15, 0.2) is 0 Å². The molecule has 0 aliphatic rings. The number of likely N-dealkylation sites (N-methyl/N-ethyl adjacent to an activating group) is 1. The summed E-state index contributed by atoms with van der Waals surface area (Å²) in [5.74, 6) is 0.0995. The molecule has 1 aromatic heterocycles. The third-order valence-electron chi connectivity index (χ3n) is 6.56. The lowest BCUT2D eigenvalue weighted by molar-refractivity contribution is -0.122. The Morgan fingerprint density at radius 2 is 1.83 bits per heavy atom. The molecule has 41 heavy (non-hydrogen) atoms. The van der Waals surface area contributed by atoms with Crippen LogP contribution >= 0.6 is 23.2 Å². The second-order valence-electron chi connectivity index (χ2n) is 9.17. The number of benzene rings is 3. The number of hydrogen-bond donors (Lipinski definition) is 2. The zero-order valence-corrected chi connectivity index (χ0v) is 24.3. The molecule has 0 saturated heterocycles. The molecule has 4 rings (SSSR count). The maximum absolute atomic E-state index is 12.9. The summed E-state index contributed by atoms with van der Waals surface area (Å²) in [4.78, 5) is 42.3. The Labute approximate surface area is 247 Å². The van der Waals surface area contributed by atoms with Crippen molar-refractivity contribution in [3.8, 4) is 5.75 Å². The third-order valence-corrected chi connectivity index (χ3v) is 7.33. The number of anilines is 1. The molecule has 0 unspecified atom stereocenters. The first-order valence-corrected chi connectivity index (χ1v) is 13.5. The van der Waals surface area contributed by atoms with E-state index in [1.807, 2.05) is 25.1 Å². The van der Waals surface area contributed by atoms with Crippen LogP contribution in [-0.4, -0.2) is 40.9 Å². The van der Waals surface area contributed by atoms with E-state index in [0.29, 0.717) is 33.1 Å². The first-order chi connectivity index (χ1) is 19.6. The number of aryl methyl sites for hydroxylation is 2. The lowest BCUT2D eigenvalue weighted by Crippen LogP contribution is -2.37. The number of nitrogens with two attached hydrogens (primary N) is 1. The predicted octanol–water partition coefficient (Wildman–Crippen LogP) is 5.14. The van der Waals surface area contributed by atoms with E-state index in [4.69, 9.17) is 33.7 Å². The molecule has 212 valence electrons. The quantitative estimate of drug-likeness (QED) is 0.247. The van der Waals surface area contributed by atoms with Crippen LogP contribution in [0.15, 0.2) is 60.7 Å². The number of nitrogens with one attached hydrogen (secondary N) is 1. The van der Waals surface area contributed by atoms with Crippen molar-refractivity contribution in [3.05, 3.63) is 93.2 Å². The Morgan fingerprint density at radius 3 is 2.51 bits per heavy atom. The number of nitrogens with zero attached hydrogens (tertiary/aromatic N) is 3. The summed E-state index contributed by atoms with van der Waals surface area (Å²) in [5.41, 5.74) is 8.95. The number of fused-ring (bicyclic) bond motifs is 1. The molecule has 9 nitrogen and oxygen atoms in total. The molecule has 1 heterocycles. The standard InChI is InChI=1S/C30H29Cl2N5O4/c1-4-37-18(2)35-29-24(37)6-5-7-25(29)41-17-21-22(31)13-14-23(28(21)32)36(3)27(39)16-34-26(38)15-10-19-8-11-20(12-9-19)30(33)40/h5-15H,4,16-17H2,1-3H3,(H2,33,40)(H,34,38)/b15-10+. The number of carbonyl (C=O) groups is 3. The number of aromatic nitrogens is 2. The van der Waals surface area contributed by atoms with Crippen LogP contribution in [0.3, 0.4) is 0 Å². The van der Waals surface area contributed by atoms with Gasteiger partial charge in [0.05, 0.1) is 22.8 Å². The van der Waals surface area contributed by atoms with Crippen molar-refractivity contribution in [2.75, 3.05) is 18.5 Å². The van der Waals surface area contributed by atoms with E-state index in [2.05, 4.69) is 21.8 Å². The highest BCUT2D eigenvalue weighted by Gasteiger charge is 2.20. The summed E-state index contributed by atoms with van der Waals surface area (Å²) in [6.07, 6.45) is 2.86. The van der Waals surface area contributed by atoms with Gasteiger partial charge in [0.1, 0.15) is 23.7 Å². The molecule has 0 aliphatic carbocycles. The average Bonchev–Trinajstić information content (AvgIpc) is 3.30. The highest BCUT2D eigenvalue weighted by molar-refractivity contribution is 6.38. The monoisotopic (exact) mass is 593 g/mol. The Balaban J connectivity index is 1.41. The topological polar surface area (TPSA) is 120 Å². The van der Waals surface area contributed by atoms with Crippen LogP contribution in [0.25, 0.3) is 17.1 Å². The average molecular weight is 594 g/mol. The first kappa shape index (κ1) is 29.6. The van der Waals surface area contributed by atoms with Gasteiger partial charge in [-0.15, -0.1) is 0 Å². The molecule has 0 saturated carbocycles. The summed E-state index contributed by atoms with van der Waals surface area (Å²) in [6.45, 7) is 4.59. The summed E-state index contributed by atoms with van der Waals surface area (Å²) in [5, 5.41) is 3.22.